The average Bonchev–Trinajstić information content (AvgIpc) is 3.06. The molecule has 4 aromatic rings. The molecule has 2 aromatic carbocycles. The van der Waals surface area contributed by atoms with E-state index >= 15 is 0 Å². The van der Waals surface area contributed by atoms with E-state index in [-0.39, 0.29) is 6.42 Å². The van der Waals surface area contributed by atoms with Crippen LogP contribution in [-0.2, 0) is 11.2 Å². The molecule has 0 amide bonds. The van der Waals surface area contributed by atoms with Crippen molar-refractivity contribution in [3.8, 4) is 11.4 Å². The number of carboxylic acids is 1. The average molecular weight is 332 g/mol. The van der Waals surface area contributed by atoms with Crippen LogP contribution in [0.2, 0.25) is 0 Å². The van der Waals surface area contributed by atoms with E-state index in [1.807, 2.05) is 55.5 Å². The Morgan fingerprint density at radius 3 is 2.60 bits per heavy atom. The van der Waals surface area contributed by atoms with Gasteiger partial charge in [-0.05, 0) is 19.1 Å². The fraction of sp³-hybridized carbons (Fsp3) is 0.158. The minimum Gasteiger partial charge on any atom is -0.481 e. The molecule has 0 aliphatic heterocycles. The maximum atomic E-state index is 11.0. The topological polar surface area (TPSA) is 80.4 Å². The summed E-state index contributed by atoms with van der Waals surface area (Å²) in [5.74, 6) is 0.346. The Kier molecular flexibility index (Phi) is 3.65. The van der Waals surface area contributed by atoms with Gasteiger partial charge in [-0.1, -0.05) is 42.0 Å². The molecule has 0 spiro atoms. The number of aliphatic carboxylic acids is 1. The van der Waals surface area contributed by atoms with Crippen LogP contribution >= 0.6 is 0 Å². The first-order chi connectivity index (χ1) is 12.1. The minimum atomic E-state index is -0.859. The number of hydrogen-bond donors (Lipinski definition) is 1. The van der Waals surface area contributed by atoms with E-state index in [9.17, 15) is 4.79 Å². The number of rotatable bonds is 4. The van der Waals surface area contributed by atoms with Crippen LogP contribution < -0.4 is 0 Å². The van der Waals surface area contributed by atoms with E-state index in [0.29, 0.717) is 23.7 Å². The lowest BCUT2D eigenvalue weighted by molar-refractivity contribution is -0.137. The zero-order chi connectivity index (χ0) is 17.4. The van der Waals surface area contributed by atoms with Crippen LogP contribution in [0, 0.1) is 6.92 Å². The number of nitrogens with zero attached hydrogens (tertiary/aromatic N) is 4. The van der Waals surface area contributed by atoms with Gasteiger partial charge in [0.1, 0.15) is 5.82 Å². The zero-order valence-electron chi connectivity index (χ0n) is 13.7. The maximum Gasteiger partial charge on any atom is 0.303 e. The summed E-state index contributed by atoms with van der Waals surface area (Å²) >= 11 is 0. The third kappa shape index (κ3) is 2.82. The standard InChI is InChI=1S/C19H16N4O2/c1-12-6-8-13(9-7-12)18-21-19-14-4-2-3-5-15(14)20-16(23(19)22-18)10-11-17(24)25/h2-9H,10-11H2,1H3,(H,24,25). The Morgan fingerprint density at radius 2 is 1.84 bits per heavy atom. The van der Waals surface area contributed by atoms with Crippen molar-refractivity contribution in [2.24, 2.45) is 0 Å². The van der Waals surface area contributed by atoms with Gasteiger partial charge >= 0.3 is 5.97 Å². The molecule has 6 heteroatoms. The second-order valence-corrected chi connectivity index (χ2v) is 5.98. The number of carbonyl (C=O) groups is 1. The second kappa shape index (κ2) is 5.98. The van der Waals surface area contributed by atoms with Crippen LogP contribution in [-0.4, -0.2) is 30.7 Å². The Hall–Kier alpha value is -3.28. The lowest BCUT2D eigenvalue weighted by Crippen LogP contribution is -2.07. The van der Waals surface area contributed by atoms with E-state index < -0.39 is 5.97 Å². The molecule has 2 aromatic heterocycles. The number of aromatic nitrogens is 4. The molecule has 0 bridgehead atoms. The summed E-state index contributed by atoms with van der Waals surface area (Å²) in [6, 6.07) is 15.7. The Balaban J connectivity index is 1.93. The molecule has 0 fully saturated rings. The summed E-state index contributed by atoms with van der Waals surface area (Å²) in [5, 5.41) is 14.5. The molecular weight excluding hydrogens is 316 g/mol. The fourth-order valence-electron chi connectivity index (χ4n) is 2.82. The molecule has 0 unspecified atom stereocenters. The van der Waals surface area contributed by atoms with Crippen molar-refractivity contribution in [2.45, 2.75) is 19.8 Å². The highest BCUT2D eigenvalue weighted by Gasteiger charge is 2.15. The van der Waals surface area contributed by atoms with Crippen LogP contribution in [0.1, 0.15) is 17.8 Å². The van der Waals surface area contributed by atoms with Crippen molar-refractivity contribution in [1.82, 2.24) is 19.6 Å². The second-order valence-electron chi connectivity index (χ2n) is 5.98. The Bertz CT molecular complexity index is 1080. The minimum absolute atomic E-state index is 0.000164. The monoisotopic (exact) mass is 332 g/mol. The highest BCUT2D eigenvalue weighted by Crippen LogP contribution is 2.23. The van der Waals surface area contributed by atoms with Gasteiger partial charge in [0.25, 0.3) is 0 Å². The molecule has 0 aliphatic carbocycles. The molecule has 124 valence electrons. The van der Waals surface area contributed by atoms with E-state index in [2.05, 4.69) is 10.1 Å². The molecule has 6 nitrogen and oxygen atoms in total. The molecule has 2 heterocycles. The van der Waals surface area contributed by atoms with Crippen LogP contribution in [0.3, 0.4) is 0 Å². The van der Waals surface area contributed by atoms with E-state index in [1.165, 1.54) is 5.56 Å². The quantitative estimate of drug-likeness (QED) is 0.620. The normalized spacial score (nSPS) is 11.2. The Morgan fingerprint density at radius 1 is 1.08 bits per heavy atom. The van der Waals surface area contributed by atoms with Gasteiger partial charge in [-0.25, -0.2) is 9.97 Å². The lowest BCUT2D eigenvalue weighted by atomic mass is 10.1. The predicted molar refractivity (Wildman–Crippen MR) is 94.4 cm³/mol. The Labute approximate surface area is 143 Å². The number of benzene rings is 2. The van der Waals surface area contributed by atoms with Gasteiger partial charge in [0.15, 0.2) is 11.5 Å². The molecular formula is C19H16N4O2. The summed E-state index contributed by atoms with van der Waals surface area (Å²) in [6.07, 6.45) is 0.299. The highest BCUT2D eigenvalue weighted by molar-refractivity contribution is 5.91. The number of para-hydroxylation sites is 1. The number of carboxylic acid groups (broad SMARTS) is 1. The van der Waals surface area contributed by atoms with Gasteiger partial charge in [0.2, 0.25) is 0 Å². The van der Waals surface area contributed by atoms with Crippen molar-refractivity contribution >= 4 is 22.5 Å². The van der Waals surface area contributed by atoms with Gasteiger partial charge in [-0.2, -0.15) is 4.52 Å². The number of aryl methyl sites for hydroxylation is 2. The maximum absolute atomic E-state index is 11.0. The van der Waals surface area contributed by atoms with Gasteiger partial charge in [0.05, 0.1) is 11.9 Å². The van der Waals surface area contributed by atoms with Gasteiger partial charge in [0, 0.05) is 17.4 Å². The summed E-state index contributed by atoms with van der Waals surface area (Å²) in [5.41, 5.74) is 3.57. The number of hydrogen-bond acceptors (Lipinski definition) is 4. The summed E-state index contributed by atoms with van der Waals surface area (Å²) in [4.78, 5) is 20.2. The molecule has 0 saturated carbocycles. The van der Waals surface area contributed by atoms with E-state index in [1.54, 1.807) is 4.52 Å². The van der Waals surface area contributed by atoms with Gasteiger partial charge in [-0.3, -0.25) is 4.79 Å². The van der Waals surface area contributed by atoms with Crippen molar-refractivity contribution in [3.63, 3.8) is 0 Å². The smallest absolute Gasteiger partial charge is 0.303 e. The first kappa shape index (κ1) is 15.3. The fourth-order valence-corrected chi connectivity index (χ4v) is 2.82. The van der Waals surface area contributed by atoms with E-state index in [0.717, 1.165) is 16.5 Å². The highest BCUT2D eigenvalue weighted by atomic mass is 16.4. The SMILES string of the molecule is Cc1ccc(-c2nc3c4ccccc4nc(CCC(=O)O)n3n2)cc1. The summed E-state index contributed by atoms with van der Waals surface area (Å²) in [6.45, 7) is 2.03. The van der Waals surface area contributed by atoms with Crippen LogP contribution in [0.25, 0.3) is 27.9 Å². The molecule has 4 rings (SSSR count). The molecule has 0 aliphatic rings. The first-order valence-electron chi connectivity index (χ1n) is 8.05. The summed E-state index contributed by atoms with van der Waals surface area (Å²) < 4.78 is 1.67. The zero-order valence-corrected chi connectivity index (χ0v) is 13.7. The lowest BCUT2D eigenvalue weighted by Gasteiger charge is -2.05. The molecule has 1 N–H and O–H groups in total. The largest absolute Gasteiger partial charge is 0.481 e. The third-order valence-corrected chi connectivity index (χ3v) is 4.12. The number of fused-ring (bicyclic) bond motifs is 3. The van der Waals surface area contributed by atoms with Gasteiger partial charge < -0.3 is 5.11 Å². The van der Waals surface area contributed by atoms with Crippen LogP contribution in [0.15, 0.2) is 48.5 Å². The van der Waals surface area contributed by atoms with Crippen molar-refractivity contribution in [2.75, 3.05) is 0 Å². The first-order valence-corrected chi connectivity index (χ1v) is 8.05. The van der Waals surface area contributed by atoms with Crippen molar-refractivity contribution in [1.29, 1.82) is 0 Å². The van der Waals surface area contributed by atoms with Crippen LogP contribution in [0.4, 0.5) is 0 Å². The molecule has 25 heavy (non-hydrogen) atoms. The third-order valence-electron chi connectivity index (χ3n) is 4.12. The van der Waals surface area contributed by atoms with Crippen LogP contribution in [0.5, 0.6) is 0 Å². The van der Waals surface area contributed by atoms with Crippen molar-refractivity contribution < 1.29 is 9.90 Å². The molecule has 0 saturated heterocycles. The predicted octanol–water partition coefficient (Wildman–Crippen LogP) is 3.27. The van der Waals surface area contributed by atoms with E-state index in [4.69, 9.17) is 10.1 Å². The summed E-state index contributed by atoms with van der Waals surface area (Å²) in [7, 11) is 0. The van der Waals surface area contributed by atoms with Crippen molar-refractivity contribution in [3.05, 3.63) is 59.9 Å². The molecule has 0 radical (unpaired) electrons. The molecule has 0 atom stereocenters. The van der Waals surface area contributed by atoms with Gasteiger partial charge in [-0.15, -0.1) is 5.10 Å².